The predicted molar refractivity (Wildman–Crippen MR) is 78.0 cm³/mol. The van der Waals surface area contributed by atoms with Crippen LogP contribution in [0.5, 0.6) is 0 Å². The topological polar surface area (TPSA) is 37.3 Å². The highest BCUT2D eigenvalue weighted by atomic mass is 16.4. The van der Waals surface area contributed by atoms with Gasteiger partial charge in [-0.25, -0.2) is 4.79 Å². The van der Waals surface area contributed by atoms with Gasteiger partial charge in [0.15, 0.2) is 0 Å². The van der Waals surface area contributed by atoms with Crippen molar-refractivity contribution in [3.63, 3.8) is 0 Å². The number of carboxylic acid groups (broad SMARTS) is 1. The Hall–Kier alpha value is -0.790. The molecular weight excluding hydrogens is 236 g/mol. The van der Waals surface area contributed by atoms with E-state index in [0.29, 0.717) is 11.5 Å². The van der Waals surface area contributed by atoms with Crippen LogP contribution in [0.4, 0.5) is 0 Å². The van der Waals surface area contributed by atoms with Crippen molar-refractivity contribution in [1.29, 1.82) is 0 Å². The van der Waals surface area contributed by atoms with Crippen LogP contribution in [0.3, 0.4) is 0 Å². The van der Waals surface area contributed by atoms with E-state index >= 15 is 0 Å². The lowest BCUT2D eigenvalue weighted by atomic mass is 9.67. The lowest BCUT2D eigenvalue weighted by Crippen LogP contribution is -2.28. The maximum Gasteiger partial charge on any atom is 0.330 e. The number of rotatable bonds is 5. The number of hydrogen-bond donors (Lipinski definition) is 1. The molecule has 0 aromatic rings. The first kappa shape index (κ1) is 14.6. The van der Waals surface area contributed by atoms with Crippen molar-refractivity contribution >= 4 is 5.97 Å². The van der Waals surface area contributed by atoms with E-state index in [2.05, 4.69) is 6.58 Å². The molecule has 0 atom stereocenters. The molecule has 2 fully saturated rings. The van der Waals surface area contributed by atoms with E-state index < -0.39 is 5.97 Å². The van der Waals surface area contributed by atoms with E-state index in [4.69, 9.17) is 5.11 Å². The van der Waals surface area contributed by atoms with Crippen LogP contribution in [-0.4, -0.2) is 11.1 Å². The monoisotopic (exact) mass is 264 g/mol. The fraction of sp³-hybridized carbons (Fsp3) is 0.824. The smallest absolute Gasteiger partial charge is 0.330 e. The van der Waals surface area contributed by atoms with E-state index in [9.17, 15) is 4.79 Å². The number of hydrogen-bond acceptors (Lipinski definition) is 1. The zero-order valence-electron chi connectivity index (χ0n) is 12.1. The minimum absolute atomic E-state index is 0.432. The molecule has 2 rings (SSSR count). The molecule has 2 nitrogen and oxygen atoms in total. The minimum Gasteiger partial charge on any atom is -0.478 e. The number of carbonyl (C=O) groups is 1. The third kappa shape index (κ3) is 4.09. The van der Waals surface area contributed by atoms with Gasteiger partial charge in [0.2, 0.25) is 0 Å². The highest BCUT2D eigenvalue weighted by molar-refractivity contribution is 5.85. The largest absolute Gasteiger partial charge is 0.478 e. The van der Waals surface area contributed by atoms with Crippen molar-refractivity contribution in [2.75, 3.05) is 0 Å². The molecule has 2 aliphatic rings. The molecule has 0 aromatic carbocycles. The first-order chi connectivity index (χ1) is 9.18. The summed E-state index contributed by atoms with van der Waals surface area (Å²) in [5.74, 6) is 1.31. The molecule has 0 unspecified atom stereocenters. The second-order valence-corrected chi connectivity index (χ2v) is 6.57. The van der Waals surface area contributed by atoms with Crippen molar-refractivity contribution in [2.45, 2.75) is 70.6 Å². The molecule has 0 radical (unpaired) electrons. The van der Waals surface area contributed by atoms with Crippen molar-refractivity contribution in [3.05, 3.63) is 12.2 Å². The third-order valence-corrected chi connectivity index (χ3v) is 5.30. The Balaban J connectivity index is 2.02. The summed E-state index contributed by atoms with van der Waals surface area (Å²) in [4.78, 5) is 11.1. The van der Waals surface area contributed by atoms with Gasteiger partial charge in [-0.05, 0) is 24.2 Å². The van der Waals surface area contributed by atoms with Crippen LogP contribution in [0.1, 0.15) is 70.6 Å². The lowest BCUT2D eigenvalue weighted by molar-refractivity contribution is -0.133. The zero-order valence-corrected chi connectivity index (χ0v) is 12.1. The summed E-state index contributed by atoms with van der Waals surface area (Å²) >= 11 is 0. The predicted octanol–water partition coefficient (Wildman–Crippen LogP) is 4.79. The maximum atomic E-state index is 11.1. The molecule has 0 aromatic heterocycles. The molecule has 2 heteroatoms. The fourth-order valence-electron chi connectivity index (χ4n) is 4.21. The summed E-state index contributed by atoms with van der Waals surface area (Å²) in [5, 5.41) is 9.13. The Labute approximate surface area is 117 Å². The highest BCUT2D eigenvalue weighted by Gasteiger charge is 2.32. The number of carboxylic acids is 1. The molecule has 2 aliphatic carbocycles. The van der Waals surface area contributed by atoms with Gasteiger partial charge in [-0.1, -0.05) is 70.8 Å². The average Bonchev–Trinajstić information content (AvgIpc) is 2.46. The Morgan fingerprint density at radius 3 is 1.74 bits per heavy atom. The van der Waals surface area contributed by atoms with Crippen LogP contribution in [-0.2, 0) is 4.79 Å². The van der Waals surface area contributed by atoms with Crippen LogP contribution in [0.15, 0.2) is 12.2 Å². The van der Waals surface area contributed by atoms with Crippen LogP contribution in [0, 0.1) is 17.8 Å². The molecule has 1 N–H and O–H groups in total. The first-order valence-corrected chi connectivity index (χ1v) is 8.09. The van der Waals surface area contributed by atoms with Crippen LogP contribution < -0.4 is 0 Å². The summed E-state index contributed by atoms with van der Waals surface area (Å²) in [6, 6.07) is 0. The molecule has 108 valence electrons. The van der Waals surface area contributed by atoms with Gasteiger partial charge in [-0.3, -0.25) is 0 Å². The van der Waals surface area contributed by atoms with Gasteiger partial charge in [-0.15, -0.1) is 0 Å². The quantitative estimate of drug-likeness (QED) is 0.725. The SMILES string of the molecule is C=C(CC(C1CCCCC1)C1CCCCC1)C(=O)O. The Morgan fingerprint density at radius 2 is 1.37 bits per heavy atom. The van der Waals surface area contributed by atoms with Crippen molar-refractivity contribution in [2.24, 2.45) is 17.8 Å². The molecule has 0 saturated heterocycles. The Morgan fingerprint density at radius 1 is 0.947 bits per heavy atom. The van der Waals surface area contributed by atoms with Gasteiger partial charge < -0.3 is 5.11 Å². The van der Waals surface area contributed by atoms with E-state index in [1.807, 2.05) is 0 Å². The molecule has 19 heavy (non-hydrogen) atoms. The van der Waals surface area contributed by atoms with E-state index in [1.54, 1.807) is 0 Å². The third-order valence-electron chi connectivity index (χ3n) is 5.30. The van der Waals surface area contributed by atoms with Gasteiger partial charge >= 0.3 is 5.97 Å². The van der Waals surface area contributed by atoms with Gasteiger partial charge in [0.1, 0.15) is 0 Å². The van der Waals surface area contributed by atoms with Crippen LogP contribution >= 0.6 is 0 Å². The summed E-state index contributed by atoms with van der Waals surface area (Å²) < 4.78 is 0. The number of aliphatic carboxylic acids is 1. The molecule has 0 heterocycles. The van der Waals surface area contributed by atoms with E-state index in [-0.39, 0.29) is 0 Å². The first-order valence-electron chi connectivity index (χ1n) is 8.09. The van der Waals surface area contributed by atoms with Gasteiger partial charge in [-0.2, -0.15) is 0 Å². The van der Waals surface area contributed by atoms with Crippen molar-refractivity contribution in [1.82, 2.24) is 0 Å². The van der Waals surface area contributed by atoms with E-state index in [1.165, 1.54) is 64.2 Å². The lowest BCUT2D eigenvalue weighted by Gasteiger charge is -2.38. The Bertz CT molecular complexity index is 291. The fourth-order valence-corrected chi connectivity index (χ4v) is 4.21. The second-order valence-electron chi connectivity index (χ2n) is 6.57. The van der Waals surface area contributed by atoms with Gasteiger partial charge in [0.05, 0.1) is 0 Å². The summed E-state index contributed by atoms with van der Waals surface area (Å²) in [5.41, 5.74) is 0.432. The molecule has 2 saturated carbocycles. The van der Waals surface area contributed by atoms with E-state index in [0.717, 1.165) is 18.3 Å². The standard InChI is InChI=1S/C17H28O2/c1-13(17(18)19)12-16(14-8-4-2-5-9-14)15-10-6-3-7-11-15/h14-16H,1-12H2,(H,18,19). The average molecular weight is 264 g/mol. The van der Waals surface area contributed by atoms with Gasteiger partial charge in [0, 0.05) is 5.57 Å². The summed E-state index contributed by atoms with van der Waals surface area (Å²) in [7, 11) is 0. The molecular formula is C17H28O2. The molecule has 0 spiro atoms. The molecule has 0 bridgehead atoms. The normalized spacial score (nSPS) is 22.6. The maximum absolute atomic E-state index is 11.1. The summed E-state index contributed by atoms with van der Waals surface area (Å²) in [6.07, 6.45) is 14.1. The molecule has 0 amide bonds. The van der Waals surface area contributed by atoms with Gasteiger partial charge in [0.25, 0.3) is 0 Å². The van der Waals surface area contributed by atoms with Crippen LogP contribution in [0.25, 0.3) is 0 Å². The Kier molecular flexibility index (Phi) is 5.47. The van der Waals surface area contributed by atoms with Crippen molar-refractivity contribution in [3.8, 4) is 0 Å². The van der Waals surface area contributed by atoms with Crippen LogP contribution in [0.2, 0.25) is 0 Å². The van der Waals surface area contributed by atoms with Crippen molar-refractivity contribution < 1.29 is 9.90 Å². The zero-order chi connectivity index (χ0) is 13.7. The second kappa shape index (κ2) is 7.12. The summed E-state index contributed by atoms with van der Waals surface area (Å²) in [6.45, 7) is 3.78. The highest BCUT2D eigenvalue weighted by Crippen LogP contribution is 2.42. The minimum atomic E-state index is -0.795. The molecule has 0 aliphatic heterocycles.